The lowest BCUT2D eigenvalue weighted by Gasteiger charge is -2.35. The zero-order valence-corrected chi connectivity index (χ0v) is 20.9. The monoisotopic (exact) mass is 480 g/mol. The van der Waals surface area contributed by atoms with Gasteiger partial charge in [0.15, 0.2) is 0 Å². The van der Waals surface area contributed by atoms with Crippen LogP contribution in [0.1, 0.15) is 58.0 Å². The van der Waals surface area contributed by atoms with Crippen LogP contribution >= 0.6 is 11.6 Å². The van der Waals surface area contributed by atoms with Crippen molar-refractivity contribution in [2.24, 2.45) is 0 Å². The second-order valence-electron chi connectivity index (χ2n) is 8.99. The molecule has 0 radical (unpaired) electrons. The van der Waals surface area contributed by atoms with E-state index in [1.807, 2.05) is 19.1 Å². The molecule has 34 heavy (non-hydrogen) atoms. The van der Waals surface area contributed by atoms with Crippen molar-refractivity contribution < 1.29 is 9.53 Å². The average molecular weight is 481 g/mol. The predicted molar refractivity (Wildman–Crippen MR) is 136 cm³/mol. The number of carbonyl (C=O) groups is 1. The lowest BCUT2D eigenvalue weighted by molar-refractivity contribution is 0.0924. The van der Waals surface area contributed by atoms with Gasteiger partial charge in [-0.15, -0.1) is 0 Å². The number of amides is 1. The summed E-state index contributed by atoms with van der Waals surface area (Å²) >= 11 is 6.64. The van der Waals surface area contributed by atoms with E-state index in [-0.39, 0.29) is 11.9 Å². The van der Waals surface area contributed by atoms with E-state index >= 15 is 0 Å². The summed E-state index contributed by atoms with van der Waals surface area (Å²) < 4.78 is 7.02. The molecule has 0 spiro atoms. The predicted octanol–water partition coefficient (Wildman–Crippen LogP) is 5.17. The molecular formula is C27H33ClN4O2. The third-order valence-electron chi connectivity index (χ3n) is 6.53. The molecule has 3 aromatic rings. The van der Waals surface area contributed by atoms with Gasteiger partial charge in [-0.2, -0.15) is 5.10 Å². The highest BCUT2D eigenvalue weighted by molar-refractivity contribution is 6.33. The summed E-state index contributed by atoms with van der Waals surface area (Å²) in [6, 6.07) is 16.5. The number of aromatic nitrogens is 2. The Labute approximate surface area is 206 Å². The summed E-state index contributed by atoms with van der Waals surface area (Å²) in [4.78, 5) is 15.7. The zero-order chi connectivity index (χ0) is 24.1. The number of piperidine rings is 1. The van der Waals surface area contributed by atoms with Crippen LogP contribution in [0, 0.1) is 13.8 Å². The van der Waals surface area contributed by atoms with Gasteiger partial charge in [-0.05, 0) is 63.0 Å². The first-order chi connectivity index (χ1) is 16.5. The minimum atomic E-state index is -0.187. The maximum absolute atomic E-state index is 13.2. The summed E-state index contributed by atoms with van der Waals surface area (Å²) in [6.45, 7) is 6.97. The number of hydrogen-bond donors (Lipinski definition) is 1. The van der Waals surface area contributed by atoms with Crippen molar-refractivity contribution in [1.82, 2.24) is 20.0 Å². The van der Waals surface area contributed by atoms with Gasteiger partial charge in [-0.25, -0.2) is 4.68 Å². The van der Waals surface area contributed by atoms with E-state index in [1.54, 1.807) is 11.8 Å². The number of methoxy groups -OCH3 is 1. The van der Waals surface area contributed by atoms with Crippen LogP contribution in [0.15, 0.2) is 48.5 Å². The highest BCUT2D eigenvalue weighted by Gasteiger charge is 2.25. The molecule has 180 valence electrons. The van der Waals surface area contributed by atoms with E-state index in [4.69, 9.17) is 16.3 Å². The largest absolute Gasteiger partial charge is 0.497 e. The molecular weight excluding hydrogens is 448 g/mol. The smallest absolute Gasteiger partial charge is 0.256 e. The van der Waals surface area contributed by atoms with Crippen molar-refractivity contribution in [3.8, 4) is 5.75 Å². The molecule has 0 aliphatic carbocycles. The molecule has 4 rings (SSSR count). The van der Waals surface area contributed by atoms with E-state index in [1.165, 1.54) is 30.4 Å². The summed E-state index contributed by atoms with van der Waals surface area (Å²) in [7, 11) is 1.67. The number of likely N-dealkylation sites (tertiary alicyclic amines) is 1. The van der Waals surface area contributed by atoms with Gasteiger partial charge in [0.1, 0.15) is 10.9 Å². The van der Waals surface area contributed by atoms with Crippen LogP contribution in [0.3, 0.4) is 0 Å². The van der Waals surface area contributed by atoms with E-state index < -0.39 is 0 Å². The van der Waals surface area contributed by atoms with Crippen LogP contribution in [0.4, 0.5) is 0 Å². The topological polar surface area (TPSA) is 59.4 Å². The molecule has 1 aliphatic rings. The molecule has 1 saturated heterocycles. The van der Waals surface area contributed by atoms with Gasteiger partial charge >= 0.3 is 0 Å². The Bertz CT molecular complexity index is 1100. The van der Waals surface area contributed by atoms with Crippen molar-refractivity contribution in [3.63, 3.8) is 0 Å². The molecule has 0 saturated carbocycles. The number of rotatable bonds is 8. The number of benzene rings is 2. The molecule has 1 amide bonds. The molecule has 7 heteroatoms. The van der Waals surface area contributed by atoms with Gasteiger partial charge < -0.3 is 10.1 Å². The molecule has 1 N–H and O–H groups in total. The SMILES string of the molecule is COc1ccc([C@@H](CNC(=O)c2c(C)nn(Cc3ccc(C)cc3)c2Cl)N2CCCCC2)cc1. The van der Waals surface area contributed by atoms with Crippen LogP contribution in [0.5, 0.6) is 5.75 Å². The van der Waals surface area contributed by atoms with Crippen molar-refractivity contribution in [3.05, 3.63) is 81.6 Å². The second kappa shape index (κ2) is 11.1. The van der Waals surface area contributed by atoms with Gasteiger partial charge in [0.05, 0.1) is 31.0 Å². The van der Waals surface area contributed by atoms with E-state index in [0.717, 1.165) is 24.4 Å². The Balaban J connectivity index is 1.49. The number of aryl methyl sites for hydroxylation is 2. The summed E-state index contributed by atoms with van der Waals surface area (Å²) in [5.41, 5.74) is 4.54. The van der Waals surface area contributed by atoms with E-state index in [0.29, 0.717) is 29.5 Å². The van der Waals surface area contributed by atoms with E-state index in [9.17, 15) is 4.79 Å². The minimum absolute atomic E-state index is 0.0943. The molecule has 1 fully saturated rings. The van der Waals surface area contributed by atoms with Gasteiger partial charge in [0.2, 0.25) is 0 Å². The molecule has 1 aliphatic heterocycles. The van der Waals surface area contributed by atoms with E-state index in [2.05, 4.69) is 58.6 Å². The summed E-state index contributed by atoms with van der Waals surface area (Å²) in [6.07, 6.45) is 3.61. The Kier molecular flexibility index (Phi) is 7.91. The first kappa shape index (κ1) is 24.3. The standard InChI is InChI=1S/C27H33ClN4O2/c1-19-7-9-21(10-8-19)18-32-26(28)25(20(2)30-32)27(33)29-17-24(31-15-5-4-6-16-31)22-11-13-23(34-3)14-12-22/h7-14,24H,4-6,15-18H2,1-3H3,(H,29,33)/t24-/m1/s1. The van der Waals surface area contributed by atoms with Crippen LogP contribution < -0.4 is 10.1 Å². The molecule has 0 unspecified atom stereocenters. The number of nitrogens with one attached hydrogen (secondary N) is 1. The van der Waals surface area contributed by atoms with Gasteiger partial charge in [-0.1, -0.05) is 60.0 Å². The molecule has 1 aromatic heterocycles. The molecule has 2 aromatic carbocycles. The fraction of sp³-hybridized carbons (Fsp3) is 0.407. The number of carbonyl (C=O) groups excluding carboxylic acids is 1. The first-order valence-corrected chi connectivity index (χ1v) is 12.3. The second-order valence-corrected chi connectivity index (χ2v) is 9.35. The van der Waals surface area contributed by atoms with Gasteiger partial charge in [0, 0.05) is 6.54 Å². The molecule has 6 nitrogen and oxygen atoms in total. The summed E-state index contributed by atoms with van der Waals surface area (Å²) in [5.74, 6) is 0.641. The number of halogens is 1. The normalized spacial score (nSPS) is 15.2. The van der Waals surface area contributed by atoms with Crippen molar-refractivity contribution in [1.29, 1.82) is 0 Å². The highest BCUT2D eigenvalue weighted by atomic mass is 35.5. The first-order valence-electron chi connectivity index (χ1n) is 11.9. The Hall–Kier alpha value is -2.83. The fourth-order valence-electron chi connectivity index (χ4n) is 4.57. The highest BCUT2D eigenvalue weighted by Crippen LogP contribution is 2.27. The Morgan fingerprint density at radius 1 is 1.06 bits per heavy atom. The lowest BCUT2D eigenvalue weighted by atomic mass is 10.0. The number of hydrogen-bond acceptors (Lipinski definition) is 4. The molecule has 1 atom stereocenters. The Morgan fingerprint density at radius 2 is 1.74 bits per heavy atom. The van der Waals surface area contributed by atoms with Crippen LogP contribution in [0.2, 0.25) is 5.15 Å². The minimum Gasteiger partial charge on any atom is -0.497 e. The quantitative estimate of drug-likeness (QED) is 0.483. The summed E-state index contributed by atoms with van der Waals surface area (Å²) in [5, 5.41) is 8.05. The van der Waals surface area contributed by atoms with Crippen LogP contribution in [-0.4, -0.2) is 47.3 Å². The van der Waals surface area contributed by atoms with Crippen LogP contribution in [0.25, 0.3) is 0 Å². The van der Waals surface area contributed by atoms with Crippen LogP contribution in [-0.2, 0) is 6.54 Å². The molecule has 0 bridgehead atoms. The maximum atomic E-state index is 13.2. The molecule has 2 heterocycles. The third kappa shape index (κ3) is 5.62. The lowest BCUT2D eigenvalue weighted by Crippen LogP contribution is -2.40. The number of nitrogens with zero attached hydrogens (tertiary/aromatic N) is 3. The zero-order valence-electron chi connectivity index (χ0n) is 20.2. The fourth-order valence-corrected chi connectivity index (χ4v) is 4.89. The Morgan fingerprint density at radius 3 is 2.38 bits per heavy atom. The maximum Gasteiger partial charge on any atom is 0.256 e. The van der Waals surface area contributed by atoms with Gasteiger partial charge in [-0.3, -0.25) is 9.69 Å². The van der Waals surface area contributed by atoms with Crippen molar-refractivity contribution >= 4 is 17.5 Å². The third-order valence-corrected chi connectivity index (χ3v) is 6.92. The van der Waals surface area contributed by atoms with Gasteiger partial charge in [0.25, 0.3) is 5.91 Å². The van der Waals surface area contributed by atoms with Crippen molar-refractivity contribution in [2.45, 2.75) is 45.7 Å². The average Bonchev–Trinajstić information content (AvgIpc) is 3.14. The number of ether oxygens (including phenoxy) is 1. The van der Waals surface area contributed by atoms with Crippen molar-refractivity contribution in [2.75, 3.05) is 26.7 Å².